The van der Waals surface area contributed by atoms with E-state index in [1.165, 1.54) is 9.79 Å². The fraction of sp³-hybridized carbons (Fsp3) is 0.708. The molecule has 13 heteroatoms. The predicted molar refractivity (Wildman–Crippen MR) is 133 cm³/mol. The lowest BCUT2D eigenvalue weighted by Crippen LogP contribution is -2.63. The molecule has 0 spiro atoms. The number of sulfonamides is 1. The summed E-state index contributed by atoms with van der Waals surface area (Å²) in [6.07, 6.45) is -3.43. The number of hydrogen-bond donors (Lipinski definition) is 2. The van der Waals surface area contributed by atoms with E-state index < -0.39 is 33.3 Å². The summed E-state index contributed by atoms with van der Waals surface area (Å²) in [7, 11) is -4.14. The molecule has 2 aliphatic rings. The second-order valence-electron chi connectivity index (χ2n) is 9.58. The first-order valence-electron chi connectivity index (χ1n) is 12.7. The predicted octanol–water partition coefficient (Wildman–Crippen LogP) is 3.00. The number of carbonyl (C=O) groups is 1. The largest absolute Gasteiger partial charge is 0.494 e. The van der Waals surface area contributed by atoms with Crippen LogP contribution in [0.1, 0.15) is 45.4 Å². The Morgan fingerprint density at radius 1 is 1.05 bits per heavy atom. The molecule has 2 heterocycles. The zero-order valence-electron chi connectivity index (χ0n) is 21.2. The van der Waals surface area contributed by atoms with Crippen molar-refractivity contribution in [2.24, 2.45) is 0 Å². The van der Waals surface area contributed by atoms with Crippen molar-refractivity contribution < 1.29 is 36.3 Å². The lowest BCUT2D eigenvalue weighted by Gasteiger charge is -2.44. The number of rotatable bonds is 11. The molecule has 2 fully saturated rings. The number of anilines is 1. The van der Waals surface area contributed by atoms with Gasteiger partial charge in [0, 0.05) is 51.4 Å². The van der Waals surface area contributed by atoms with Crippen LogP contribution in [-0.2, 0) is 14.8 Å². The molecule has 0 radical (unpaired) electrons. The topological polar surface area (TPSA) is 102 Å². The molecule has 2 N–H and O–H groups in total. The summed E-state index contributed by atoms with van der Waals surface area (Å²) in [5.74, 6) is -0.219. The zero-order chi connectivity index (χ0) is 27.1. The standard InChI is InChI=1S/C24H37F3N4O5S/c1-2-3-19-36-21-7-5-20(6-8-21)30-15-17-31(18-16-30)37(34,35)23(22(32)28-33)10-13-29(14-11-23)12-4-9-24(25,26)27/h5-8,33H,2-4,9-19H2,1H3,(H,28,32). The number of nitrogens with zero attached hydrogens (tertiary/aromatic N) is 3. The zero-order valence-corrected chi connectivity index (χ0v) is 22.0. The number of hydrogen-bond acceptors (Lipinski definition) is 7. The number of piperidine rings is 1. The Balaban J connectivity index is 1.60. The molecule has 9 nitrogen and oxygen atoms in total. The van der Waals surface area contributed by atoms with Crippen molar-refractivity contribution in [3.63, 3.8) is 0 Å². The molecule has 37 heavy (non-hydrogen) atoms. The molecular formula is C24H37F3N4O5S. The number of nitrogens with one attached hydrogen (secondary N) is 1. The maximum absolute atomic E-state index is 13.7. The molecule has 0 aromatic heterocycles. The van der Waals surface area contributed by atoms with Gasteiger partial charge < -0.3 is 14.5 Å². The fourth-order valence-corrected chi connectivity index (χ4v) is 6.98. The van der Waals surface area contributed by atoms with E-state index in [2.05, 4.69) is 11.8 Å². The van der Waals surface area contributed by atoms with Crippen LogP contribution in [0.2, 0.25) is 0 Å². The van der Waals surface area contributed by atoms with Gasteiger partial charge in [-0.1, -0.05) is 13.3 Å². The van der Waals surface area contributed by atoms with Crippen molar-refractivity contribution in [3.05, 3.63) is 24.3 Å². The molecule has 0 unspecified atom stereocenters. The van der Waals surface area contributed by atoms with E-state index in [1.807, 2.05) is 24.3 Å². The van der Waals surface area contributed by atoms with Gasteiger partial charge in [0.25, 0.3) is 5.91 Å². The molecule has 3 rings (SSSR count). The monoisotopic (exact) mass is 550 g/mol. The first kappa shape index (κ1) is 29.5. The van der Waals surface area contributed by atoms with Gasteiger partial charge in [-0.2, -0.15) is 17.5 Å². The summed E-state index contributed by atoms with van der Waals surface area (Å²) in [5.41, 5.74) is 2.46. The quantitative estimate of drug-likeness (QED) is 0.248. The highest BCUT2D eigenvalue weighted by atomic mass is 32.2. The van der Waals surface area contributed by atoms with Crippen LogP contribution in [0.4, 0.5) is 18.9 Å². The van der Waals surface area contributed by atoms with E-state index in [4.69, 9.17) is 4.74 Å². The Bertz CT molecular complexity index is 975. The van der Waals surface area contributed by atoms with Crippen molar-refractivity contribution in [2.75, 3.05) is 57.3 Å². The van der Waals surface area contributed by atoms with E-state index in [-0.39, 0.29) is 52.0 Å². The Hall–Kier alpha value is -2.09. The van der Waals surface area contributed by atoms with Crippen molar-refractivity contribution >= 4 is 21.6 Å². The molecular weight excluding hydrogens is 513 g/mol. The first-order valence-corrected chi connectivity index (χ1v) is 14.2. The molecule has 0 aliphatic carbocycles. The fourth-order valence-electron chi connectivity index (χ4n) is 4.87. The molecule has 0 bridgehead atoms. The highest BCUT2D eigenvalue weighted by molar-refractivity contribution is 7.91. The van der Waals surface area contributed by atoms with Gasteiger partial charge in [-0.05, 0) is 56.5 Å². The lowest BCUT2D eigenvalue weighted by molar-refractivity contribution is -0.136. The normalized spacial score (nSPS) is 19.5. The van der Waals surface area contributed by atoms with Gasteiger partial charge in [-0.3, -0.25) is 10.0 Å². The van der Waals surface area contributed by atoms with Crippen LogP contribution in [0.15, 0.2) is 24.3 Å². The smallest absolute Gasteiger partial charge is 0.389 e. The van der Waals surface area contributed by atoms with E-state index in [1.54, 1.807) is 4.90 Å². The van der Waals surface area contributed by atoms with Crippen LogP contribution in [0.25, 0.3) is 0 Å². The summed E-state index contributed by atoms with van der Waals surface area (Å²) in [5, 5.41) is 9.35. The minimum atomic E-state index is -4.24. The molecule has 0 atom stereocenters. The third-order valence-electron chi connectivity index (χ3n) is 7.15. The van der Waals surface area contributed by atoms with Gasteiger partial charge in [0.05, 0.1) is 6.61 Å². The van der Waals surface area contributed by atoms with Crippen molar-refractivity contribution in [3.8, 4) is 5.75 Å². The Kier molecular flexibility index (Phi) is 10.1. The summed E-state index contributed by atoms with van der Waals surface area (Å²) >= 11 is 0. The maximum atomic E-state index is 13.7. The number of halogens is 3. The molecule has 1 aromatic rings. The maximum Gasteiger partial charge on any atom is 0.389 e. The van der Waals surface area contributed by atoms with Gasteiger partial charge in [0.15, 0.2) is 4.75 Å². The second-order valence-corrected chi connectivity index (χ2v) is 11.8. The van der Waals surface area contributed by atoms with Crippen LogP contribution in [0, 0.1) is 0 Å². The highest BCUT2D eigenvalue weighted by Crippen LogP contribution is 2.35. The van der Waals surface area contributed by atoms with Crippen LogP contribution < -0.4 is 15.1 Å². The molecule has 1 aromatic carbocycles. The van der Waals surface area contributed by atoms with Gasteiger partial charge in [0.2, 0.25) is 10.0 Å². The van der Waals surface area contributed by atoms with E-state index in [9.17, 15) is 31.6 Å². The average Bonchev–Trinajstić information content (AvgIpc) is 2.88. The first-order chi connectivity index (χ1) is 17.5. The van der Waals surface area contributed by atoms with Crippen LogP contribution >= 0.6 is 0 Å². The Labute approximate surface area is 216 Å². The summed E-state index contributed by atoms with van der Waals surface area (Å²) in [6, 6.07) is 7.63. The number of amides is 1. The van der Waals surface area contributed by atoms with Crippen LogP contribution in [0.3, 0.4) is 0 Å². The second kappa shape index (κ2) is 12.6. The summed E-state index contributed by atoms with van der Waals surface area (Å²) in [6.45, 7) is 4.41. The number of alkyl halides is 3. The van der Waals surface area contributed by atoms with Crippen LogP contribution in [-0.4, -0.2) is 92.1 Å². The number of likely N-dealkylation sites (tertiary alicyclic amines) is 1. The lowest BCUT2D eigenvalue weighted by atomic mass is 9.94. The number of carbonyl (C=O) groups excluding carboxylic acids is 1. The van der Waals surface area contributed by atoms with Crippen molar-refractivity contribution in [2.45, 2.75) is 56.4 Å². The highest BCUT2D eigenvalue weighted by Gasteiger charge is 2.55. The molecule has 2 saturated heterocycles. The SMILES string of the molecule is CCCCOc1ccc(N2CCN(S(=O)(=O)C3(C(=O)NO)CCN(CCCC(F)(F)F)CC3)CC2)cc1. The number of piperazine rings is 1. The van der Waals surface area contributed by atoms with Gasteiger partial charge in [0.1, 0.15) is 5.75 Å². The number of hydroxylamine groups is 1. The molecule has 0 saturated carbocycles. The van der Waals surface area contributed by atoms with Crippen molar-refractivity contribution in [1.82, 2.24) is 14.7 Å². The number of benzene rings is 1. The summed E-state index contributed by atoms with van der Waals surface area (Å²) in [4.78, 5) is 16.5. The van der Waals surface area contributed by atoms with E-state index in [0.29, 0.717) is 19.7 Å². The number of unbranched alkanes of at least 4 members (excludes halogenated alkanes) is 1. The molecule has 1 amide bonds. The Morgan fingerprint density at radius 2 is 1.68 bits per heavy atom. The molecule has 210 valence electrons. The van der Waals surface area contributed by atoms with E-state index in [0.717, 1.165) is 24.3 Å². The Morgan fingerprint density at radius 3 is 2.22 bits per heavy atom. The summed E-state index contributed by atoms with van der Waals surface area (Å²) < 4.78 is 69.9. The minimum Gasteiger partial charge on any atom is -0.494 e. The van der Waals surface area contributed by atoms with E-state index >= 15 is 0 Å². The van der Waals surface area contributed by atoms with Gasteiger partial charge in [-0.25, -0.2) is 13.9 Å². The van der Waals surface area contributed by atoms with Gasteiger partial charge >= 0.3 is 6.18 Å². The minimum absolute atomic E-state index is 0.0940. The van der Waals surface area contributed by atoms with Gasteiger partial charge in [-0.15, -0.1) is 0 Å². The average molecular weight is 551 g/mol. The van der Waals surface area contributed by atoms with Crippen molar-refractivity contribution in [1.29, 1.82) is 0 Å². The number of ether oxygens (including phenoxy) is 1. The molecule has 2 aliphatic heterocycles. The van der Waals surface area contributed by atoms with Crippen LogP contribution in [0.5, 0.6) is 5.75 Å². The third kappa shape index (κ3) is 7.27. The third-order valence-corrected chi connectivity index (χ3v) is 9.78.